The maximum Gasteiger partial charge on any atom is 0.251 e. The highest BCUT2D eigenvalue weighted by atomic mass is 16.5. The maximum atomic E-state index is 12.3. The Kier molecular flexibility index (Phi) is 3.92. The van der Waals surface area contributed by atoms with E-state index in [0.29, 0.717) is 13.1 Å². The molecule has 0 N–H and O–H groups in total. The minimum Gasteiger partial charge on any atom is -0.473 e. The molecule has 1 amide bonds. The van der Waals surface area contributed by atoms with Crippen molar-refractivity contribution in [1.82, 2.24) is 9.88 Å². The summed E-state index contributed by atoms with van der Waals surface area (Å²) in [5, 5.41) is 0. The number of hydrogen-bond acceptors (Lipinski definition) is 4. The Hall–Kier alpha value is -1.91. The molecule has 1 aliphatic rings. The summed E-state index contributed by atoms with van der Waals surface area (Å²) < 4.78 is 5.44. The fourth-order valence-corrected chi connectivity index (χ4v) is 2.05. The third-order valence-electron chi connectivity index (χ3n) is 3.08. The van der Waals surface area contributed by atoms with E-state index in [4.69, 9.17) is 4.74 Å². The smallest absolute Gasteiger partial charge is 0.251 e. The number of pyridine rings is 1. The molecule has 0 aromatic carbocycles. The minimum absolute atomic E-state index is 0.00978. The third-order valence-corrected chi connectivity index (χ3v) is 3.08. The van der Waals surface area contributed by atoms with Crippen LogP contribution in [0.15, 0.2) is 29.5 Å². The van der Waals surface area contributed by atoms with Crippen LogP contribution in [0, 0.1) is 0 Å². The average Bonchev–Trinajstić information content (AvgIpc) is 2.90. The van der Waals surface area contributed by atoms with Gasteiger partial charge in [-0.25, -0.2) is 4.99 Å². The molecule has 96 valence electrons. The number of amides is 1. The number of likely N-dealkylation sites (N-methyl/N-ethyl adjacent to an activating group) is 1. The van der Waals surface area contributed by atoms with E-state index < -0.39 is 6.04 Å². The number of aliphatic imine (C=N–C) groups is 1. The summed E-state index contributed by atoms with van der Waals surface area (Å²) in [5.41, 5.74) is 0.924. The van der Waals surface area contributed by atoms with Crippen LogP contribution >= 0.6 is 0 Å². The fourth-order valence-electron chi connectivity index (χ4n) is 2.05. The van der Waals surface area contributed by atoms with E-state index in [1.54, 1.807) is 17.3 Å². The number of ether oxygens (including phenoxy) is 1. The van der Waals surface area contributed by atoms with Gasteiger partial charge in [-0.05, 0) is 31.5 Å². The highest BCUT2D eigenvalue weighted by Crippen LogP contribution is 2.27. The van der Waals surface area contributed by atoms with Crippen molar-refractivity contribution in [3.63, 3.8) is 0 Å². The number of nitrogens with zero attached hydrogens (tertiary/aromatic N) is 3. The largest absolute Gasteiger partial charge is 0.473 e. The van der Waals surface area contributed by atoms with Gasteiger partial charge in [0.15, 0.2) is 18.5 Å². The fraction of sp³-hybridized carbons (Fsp3) is 0.462. The summed E-state index contributed by atoms with van der Waals surface area (Å²) in [6, 6.07) is 3.22. The van der Waals surface area contributed by atoms with Gasteiger partial charge >= 0.3 is 0 Å². The average molecular weight is 247 g/mol. The first-order valence-corrected chi connectivity index (χ1v) is 6.13. The lowest BCUT2D eigenvalue weighted by molar-refractivity contribution is -0.133. The van der Waals surface area contributed by atoms with Crippen LogP contribution in [-0.2, 0) is 9.53 Å². The van der Waals surface area contributed by atoms with Crippen molar-refractivity contribution in [2.75, 3.05) is 13.1 Å². The molecule has 0 fully saturated rings. The standard InChI is InChI=1S/C13H17N3O2/c1-3-16(4-2)13(17)11-12(18-9-15-11)10-5-7-14-8-6-10/h5-9,11-12H,3-4H2,1-2H3/t11-,12+/m0/s1. The summed E-state index contributed by atoms with van der Waals surface area (Å²) >= 11 is 0. The van der Waals surface area contributed by atoms with E-state index in [1.165, 1.54) is 6.40 Å². The number of rotatable bonds is 4. The van der Waals surface area contributed by atoms with E-state index in [0.717, 1.165) is 5.56 Å². The molecule has 18 heavy (non-hydrogen) atoms. The minimum atomic E-state index is -0.479. The lowest BCUT2D eigenvalue weighted by Gasteiger charge is -2.24. The van der Waals surface area contributed by atoms with Gasteiger partial charge in [0.1, 0.15) is 0 Å². The molecule has 0 bridgehead atoms. The van der Waals surface area contributed by atoms with Crippen molar-refractivity contribution < 1.29 is 9.53 Å². The van der Waals surface area contributed by atoms with E-state index in [1.807, 2.05) is 26.0 Å². The lowest BCUT2D eigenvalue weighted by atomic mass is 10.0. The van der Waals surface area contributed by atoms with Gasteiger partial charge in [-0.1, -0.05) is 0 Å². The molecular formula is C13H17N3O2. The first-order valence-electron chi connectivity index (χ1n) is 6.13. The predicted octanol–water partition coefficient (Wildman–Crippen LogP) is 1.42. The van der Waals surface area contributed by atoms with E-state index >= 15 is 0 Å². The van der Waals surface area contributed by atoms with Crippen LogP contribution in [0.1, 0.15) is 25.5 Å². The summed E-state index contributed by atoms with van der Waals surface area (Å²) in [5.74, 6) is 0.00978. The van der Waals surface area contributed by atoms with Crippen LogP contribution in [0.3, 0.4) is 0 Å². The van der Waals surface area contributed by atoms with Crippen molar-refractivity contribution in [1.29, 1.82) is 0 Å². The van der Waals surface area contributed by atoms with Crippen LogP contribution in [0.4, 0.5) is 0 Å². The number of aromatic nitrogens is 1. The van der Waals surface area contributed by atoms with Crippen molar-refractivity contribution in [2.45, 2.75) is 26.0 Å². The van der Waals surface area contributed by atoms with E-state index in [2.05, 4.69) is 9.98 Å². The van der Waals surface area contributed by atoms with Gasteiger partial charge < -0.3 is 9.64 Å². The molecule has 5 heteroatoms. The molecule has 1 aromatic rings. The second-order valence-corrected chi connectivity index (χ2v) is 4.05. The summed E-state index contributed by atoms with van der Waals surface area (Å²) in [6.07, 6.45) is 4.42. The first kappa shape index (κ1) is 12.5. The Morgan fingerprint density at radius 1 is 1.33 bits per heavy atom. The van der Waals surface area contributed by atoms with Gasteiger partial charge in [-0.3, -0.25) is 9.78 Å². The van der Waals surface area contributed by atoms with E-state index in [9.17, 15) is 4.79 Å². The quantitative estimate of drug-likeness (QED) is 0.808. The summed E-state index contributed by atoms with van der Waals surface area (Å²) in [4.78, 5) is 22.2. The molecule has 1 aliphatic heterocycles. The Morgan fingerprint density at radius 3 is 2.61 bits per heavy atom. The van der Waals surface area contributed by atoms with Crippen molar-refractivity contribution >= 4 is 12.3 Å². The third kappa shape index (κ3) is 2.34. The summed E-state index contributed by atoms with van der Waals surface area (Å²) in [7, 11) is 0. The molecule has 1 aromatic heterocycles. The zero-order valence-corrected chi connectivity index (χ0v) is 10.6. The molecule has 2 heterocycles. The Bertz CT molecular complexity index is 429. The molecule has 2 atom stereocenters. The topological polar surface area (TPSA) is 54.8 Å². The van der Waals surface area contributed by atoms with Crippen molar-refractivity contribution in [2.24, 2.45) is 4.99 Å². The van der Waals surface area contributed by atoms with Gasteiger partial charge in [0.05, 0.1) is 0 Å². The van der Waals surface area contributed by atoms with Gasteiger partial charge in [0, 0.05) is 25.5 Å². The summed E-state index contributed by atoms with van der Waals surface area (Å²) in [6.45, 7) is 5.29. The van der Waals surface area contributed by atoms with Gasteiger partial charge in [-0.2, -0.15) is 0 Å². The van der Waals surface area contributed by atoms with Gasteiger partial charge in [-0.15, -0.1) is 0 Å². The second-order valence-electron chi connectivity index (χ2n) is 4.05. The number of carbonyl (C=O) groups excluding carboxylic acids is 1. The first-order chi connectivity index (χ1) is 8.77. The maximum absolute atomic E-state index is 12.3. The lowest BCUT2D eigenvalue weighted by Crippen LogP contribution is -2.39. The SMILES string of the molecule is CCN(CC)C(=O)[C@H]1N=CO[C@@H]1c1ccncc1. The van der Waals surface area contributed by atoms with Crippen molar-refractivity contribution in [3.8, 4) is 0 Å². The van der Waals surface area contributed by atoms with Gasteiger partial charge in [0.2, 0.25) is 0 Å². The number of hydrogen-bond donors (Lipinski definition) is 0. The molecule has 0 unspecified atom stereocenters. The monoisotopic (exact) mass is 247 g/mol. The second kappa shape index (κ2) is 5.62. The highest BCUT2D eigenvalue weighted by Gasteiger charge is 2.35. The molecule has 0 radical (unpaired) electrons. The van der Waals surface area contributed by atoms with Crippen LogP contribution in [0.25, 0.3) is 0 Å². The molecule has 0 spiro atoms. The number of carbonyl (C=O) groups is 1. The molecular weight excluding hydrogens is 230 g/mol. The van der Waals surface area contributed by atoms with Crippen LogP contribution in [-0.4, -0.2) is 41.3 Å². The van der Waals surface area contributed by atoms with Crippen molar-refractivity contribution in [3.05, 3.63) is 30.1 Å². The van der Waals surface area contributed by atoms with E-state index in [-0.39, 0.29) is 12.0 Å². The molecule has 0 aliphatic carbocycles. The molecule has 5 nitrogen and oxygen atoms in total. The predicted molar refractivity (Wildman–Crippen MR) is 68.3 cm³/mol. The van der Waals surface area contributed by atoms with Crippen LogP contribution < -0.4 is 0 Å². The Morgan fingerprint density at radius 2 is 2.00 bits per heavy atom. The molecule has 0 saturated heterocycles. The van der Waals surface area contributed by atoms with Crippen LogP contribution in [0.5, 0.6) is 0 Å². The molecule has 0 saturated carbocycles. The zero-order valence-electron chi connectivity index (χ0n) is 10.6. The Labute approximate surface area is 106 Å². The normalized spacial score (nSPS) is 21.7. The van der Waals surface area contributed by atoms with Gasteiger partial charge in [0.25, 0.3) is 5.91 Å². The Balaban J connectivity index is 2.17. The zero-order chi connectivity index (χ0) is 13.0. The highest BCUT2D eigenvalue weighted by molar-refractivity contribution is 5.85. The molecule has 2 rings (SSSR count). The van der Waals surface area contributed by atoms with Crippen LogP contribution in [0.2, 0.25) is 0 Å².